The number of carbonyl (C=O) groups excluding carboxylic acids is 1. The third kappa shape index (κ3) is 4.80. The van der Waals surface area contributed by atoms with E-state index in [1.807, 2.05) is 0 Å². The SMILES string of the molecule is COc1cc(C(=O)O)ccc1CCNC(=O)c1cc(S(C)(=O)=O)cs1. The minimum absolute atomic E-state index is 0.119. The molecule has 0 radical (unpaired) electrons. The zero-order valence-electron chi connectivity index (χ0n) is 13.6. The summed E-state index contributed by atoms with van der Waals surface area (Å²) in [7, 11) is -1.89. The Morgan fingerprint density at radius 3 is 2.56 bits per heavy atom. The van der Waals surface area contributed by atoms with Crippen LogP contribution in [0.15, 0.2) is 34.5 Å². The van der Waals surface area contributed by atoms with Crippen molar-refractivity contribution >= 4 is 33.1 Å². The number of rotatable bonds is 7. The Morgan fingerprint density at radius 2 is 2.00 bits per heavy atom. The Morgan fingerprint density at radius 1 is 1.28 bits per heavy atom. The molecule has 25 heavy (non-hydrogen) atoms. The van der Waals surface area contributed by atoms with Gasteiger partial charge in [0, 0.05) is 18.2 Å². The lowest BCUT2D eigenvalue weighted by atomic mass is 10.1. The van der Waals surface area contributed by atoms with Crippen LogP contribution in [0, 0.1) is 0 Å². The number of amides is 1. The topological polar surface area (TPSA) is 110 Å². The molecule has 0 saturated heterocycles. The highest BCUT2D eigenvalue weighted by molar-refractivity contribution is 7.90. The highest BCUT2D eigenvalue weighted by Gasteiger charge is 2.15. The average molecular weight is 383 g/mol. The molecule has 1 aromatic heterocycles. The van der Waals surface area contributed by atoms with Gasteiger partial charge in [0.25, 0.3) is 5.91 Å². The fraction of sp³-hybridized carbons (Fsp3) is 0.250. The number of methoxy groups -OCH3 is 1. The predicted molar refractivity (Wildman–Crippen MR) is 93.4 cm³/mol. The van der Waals surface area contributed by atoms with Crippen LogP contribution in [0.25, 0.3) is 0 Å². The fourth-order valence-corrected chi connectivity index (χ4v) is 4.05. The largest absolute Gasteiger partial charge is 0.496 e. The number of ether oxygens (including phenoxy) is 1. The number of sulfone groups is 1. The van der Waals surface area contributed by atoms with Crippen molar-refractivity contribution in [3.63, 3.8) is 0 Å². The highest BCUT2D eigenvalue weighted by atomic mass is 32.2. The van der Waals surface area contributed by atoms with Gasteiger partial charge in [0.15, 0.2) is 9.84 Å². The number of benzene rings is 1. The van der Waals surface area contributed by atoms with E-state index in [0.717, 1.165) is 23.2 Å². The van der Waals surface area contributed by atoms with E-state index in [1.165, 1.54) is 30.7 Å². The van der Waals surface area contributed by atoms with Crippen molar-refractivity contribution in [2.24, 2.45) is 0 Å². The summed E-state index contributed by atoms with van der Waals surface area (Å²) in [6, 6.07) is 5.88. The van der Waals surface area contributed by atoms with Crippen molar-refractivity contribution in [1.82, 2.24) is 5.32 Å². The molecule has 1 amide bonds. The van der Waals surface area contributed by atoms with Crippen molar-refractivity contribution in [2.75, 3.05) is 19.9 Å². The van der Waals surface area contributed by atoms with Crippen LogP contribution < -0.4 is 10.1 Å². The van der Waals surface area contributed by atoms with Gasteiger partial charge in [-0.2, -0.15) is 0 Å². The van der Waals surface area contributed by atoms with Gasteiger partial charge in [-0.1, -0.05) is 6.07 Å². The maximum atomic E-state index is 12.1. The van der Waals surface area contributed by atoms with Gasteiger partial charge in [-0.05, 0) is 30.2 Å². The Kier molecular flexibility index (Phi) is 5.81. The van der Waals surface area contributed by atoms with Crippen molar-refractivity contribution < 1.29 is 27.9 Å². The van der Waals surface area contributed by atoms with Crippen LogP contribution in [-0.2, 0) is 16.3 Å². The predicted octanol–water partition coefficient (Wildman–Crippen LogP) is 1.83. The summed E-state index contributed by atoms with van der Waals surface area (Å²) >= 11 is 1.06. The molecule has 0 saturated carbocycles. The Labute approximate surface area is 149 Å². The molecule has 0 spiro atoms. The van der Waals surface area contributed by atoms with Gasteiger partial charge in [0.05, 0.1) is 22.4 Å². The number of hydrogen-bond donors (Lipinski definition) is 2. The molecule has 0 aliphatic carbocycles. The molecular formula is C16H17NO6S2. The van der Waals surface area contributed by atoms with Crippen LogP contribution in [0.5, 0.6) is 5.75 Å². The normalized spacial score (nSPS) is 11.1. The van der Waals surface area contributed by atoms with Crippen LogP contribution in [-0.4, -0.2) is 45.3 Å². The molecule has 0 aliphatic heterocycles. The number of carboxylic acids is 1. The van der Waals surface area contributed by atoms with Crippen LogP contribution in [0.2, 0.25) is 0 Å². The van der Waals surface area contributed by atoms with Crippen LogP contribution >= 0.6 is 11.3 Å². The van der Waals surface area contributed by atoms with E-state index in [-0.39, 0.29) is 16.4 Å². The van der Waals surface area contributed by atoms with Crippen molar-refractivity contribution in [2.45, 2.75) is 11.3 Å². The standard InChI is InChI=1S/C16H17NO6S2/c1-23-13-7-11(16(19)20)4-3-10(13)5-6-17-15(18)14-8-12(9-24-14)25(2,21)22/h3-4,7-9H,5-6H2,1-2H3,(H,17,18)(H,19,20). The lowest BCUT2D eigenvalue weighted by molar-refractivity contribution is 0.0696. The maximum absolute atomic E-state index is 12.1. The summed E-state index contributed by atoms with van der Waals surface area (Å²) in [4.78, 5) is 23.5. The Bertz CT molecular complexity index is 901. The van der Waals surface area contributed by atoms with Gasteiger partial charge in [0.1, 0.15) is 5.75 Å². The van der Waals surface area contributed by atoms with Gasteiger partial charge in [-0.15, -0.1) is 11.3 Å². The minimum atomic E-state index is -3.33. The smallest absolute Gasteiger partial charge is 0.335 e. The molecule has 2 aromatic rings. The van der Waals surface area contributed by atoms with Crippen LogP contribution in [0.4, 0.5) is 0 Å². The lowest BCUT2D eigenvalue weighted by Gasteiger charge is -2.10. The molecular weight excluding hydrogens is 366 g/mol. The second kappa shape index (κ2) is 7.66. The summed E-state index contributed by atoms with van der Waals surface area (Å²) in [5, 5.41) is 13.1. The van der Waals surface area contributed by atoms with Crippen molar-refractivity contribution in [3.05, 3.63) is 45.6 Å². The van der Waals surface area contributed by atoms with Crippen molar-refractivity contribution in [3.8, 4) is 5.75 Å². The van der Waals surface area contributed by atoms with Gasteiger partial charge in [-0.3, -0.25) is 4.79 Å². The number of aromatic carboxylic acids is 1. The summed E-state index contributed by atoms with van der Waals surface area (Å²) in [6.45, 7) is 0.299. The second-order valence-corrected chi connectivity index (χ2v) is 8.18. The van der Waals surface area contributed by atoms with E-state index < -0.39 is 15.8 Å². The van der Waals surface area contributed by atoms with Crippen LogP contribution in [0.3, 0.4) is 0 Å². The molecule has 7 nitrogen and oxygen atoms in total. The number of carboxylic acid groups (broad SMARTS) is 1. The zero-order chi connectivity index (χ0) is 18.6. The first-order chi connectivity index (χ1) is 11.7. The van der Waals surface area contributed by atoms with Gasteiger partial charge in [0.2, 0.25) is 0 Å². The van der Waals surface area contributed by atoms with Gasteiger partial charge < -0.3 is 15.2 Å². The van der Waals surface area contributed by atoms with E-state index in [4.69, 9.17) is 9.84 Å². The Hall–Kier alpha value is -2.39. The van der Waals surface area contributed by atoms with E-state index in [2.05, 4.69) is 5.32 Å². The first-order valence-corrected chi connectivity index (χ1v) is 9.96. The molecule has 0 unspecified atom stereocenters. The molecule has 0 atom stereocenters. The van der Waals surface area contributed by atoms with Crippen LogP contribution in [0.1, 0.15) is 25.6 Å². The van der Waals surface area contributed by atoms with E-state index in [1.54, 1.807) is 6.07 Å². The van der Waals surface area contributed by atoms with E-state index in [9.17, 15) is 18.0 Å². The third-order valence-electron chi connectivity index (χ3n) is 3.44. The fourth-order valence-electron chi connectivity index (χ4n) is 2.11. The first kappa shape index (κ1) is 18.9. The molecule has 1 heterocycles. The summed E-state index contributed by atoms with van der Waals surface area (Å²) in [6.07, 6.45) is 1.53. The Balaban J connectivity index is 1.99. The molecule has 2 N–H and O–H groups in total. The summed E-state index contributed by atoms with van der Waals surface area (Å²) < 4.78 is 28.0. The summed E-state index contributed by atoms with van der Waals surface area (Å²) in [5.41, 5.74) is 0.882. The maximum Gasteiger partial charge on any atom is 0.335 e. The quantitative estimate of drug-likeness (QED) is 0.755. The summed E-state index contributed by atoms with van der Waals surface area (Å²) in [5.74, 6) is -0.969. The molecule has 1 aromatic carbocycles. The zero-order valence-corrected chi connectivity index (χ0v) is 15.2. The first-order valence-electron chi connectivity index (χ1n) is 7.19. The second-order valence-electron chi connectivity index (χ2n) is 5.26. The monoisotopic (exact) mass is 383 g/mol. The lowest BCUT2D eigenvalue weighted by Crippen LogP contribution is -2.25. The minimum Gasteiger partial charge on any atom is -0.496 e. The number of thiophene rings is 1. The molecule has 0 fully saturated rings. The average Bonchev–Trinajstić information content (AvgIpc) is 3.05. The number of nitrogens with one attached hydrogen (secondary N) is 1. The van der Waals surface area contributed by atoms with Crippen molar-refractivity contribution in [1.29, 1.82) is 0 Å². The number of carbonyl (C=O) groups is 2. The molecule has 2 rings (SSSR count). The molecule has 9 heteroatoms. The third-order valence-corrected chi connectivity index (χ3v) is 5.61. The van der Waals surface area contributed by atoms with Gasteiger partial charge in [-0.25, -0.2) is 13.2 Å². The number of hydrogen-bond acceptors (Lipinski definition) is 6. The molecule has 0 aliphatic rings. The van der Waals surface area contributed by atoms with Gasteiger partial charge >= 0.3 is 5.97 Å². The molecule has 0 bridgehead atoms. The highest BCUT2D eigenvalue weighted by Crippen LogP contribution is 2.21. The van der Waals surface area contributed by atoms with E-state index >= 15 is 0 Å². The molecule has 134 valence electrons. The van der Waals surface area contributed by atoms with E-state index in [0.29, 0.717) is 23.6 Å².